The molecular formula is C19H26FN3O2. The van der Waals surface area contributed by atoms with E-state index in [1.807, 2.05) is 32.0 Å². The number of likely N-dealkylation sites (tertiary alicyclic amines) is 2. The number of aryl methyl sites for hydroxylation is 2. The molecule has 0 aliphatic carbocycles. The zero-order chi connectivity index (χ0) is 18.0. The predicted octanol–water partition coefficient (Wildman–Crippen LogP) is 3.26. The molecule has 2 heterocycles. The third-order valence-electron chi connectivity index (χ3n) is 5.26. The largest absolute Gasteiger partial charge is 0.340 e. The van der Waals surface area contributed by atoms with E-state index in [2.05, 4.69) is 5.32 Å². The molecule has 0 bridgehead atoms. The summed E-state index contributed by atoms with van der Waals surface area (Å²) in [7, 11) is 0. The Labute approximate surface area is 148 Å². The van der Waals surface area contributed by atoms with Gasteiger partial charge in [-0.15, -0.1) is 0 Å². The number of hydrogen-bond donors (Lipinski definition) is 1. The van der Waals surface area contributed by atoms with Crippen LogP contribution in [0.3, 0.4) is 0 Å². The maximum absolute atomic E-state index is 15.3. The van der Waals surface area contributed by atoms with Gasteiger partial charge in [0.2, 0.25) is 5.67 Å². The molecule has 1 aromatic carbocycles. The molecule has 0 spiro atoms. The highest BCUT2D eigenvalue weighted by atomic mass is 19.1. The van der Waals surface area contributed by atoms with Crippen molar-refractivity contribution in [2.24, 2.45) is 0 Å². The first-order valence-electron chi connectivity index (χ1n) is 9.00. The Morgan fingerprint density at radius 3 is 2.40 bits per heavy atom. The summed E-state index contributed by atoms with van der Waals surface area (Å²) in [5.74, 6) is -0.450. The lowest BCUT2D eigenvalue weighted by atomic mass is 9.93. The Morgan fingerprint density at radius 2 is 1.72 bits per heavy atom. The highest BCUT2D eigenvalue weighted by Gasteiger charge is 2.46. The van der Waals surface area contributed by atoms with Crippen LogP contribution in [0, 0.1) is 13.8 Å². The lowest BCUT2D eigenvalue weighted by Crippen LogP contribution is -2.56. The van der Waals surface area contributed by atoms with Gasteiger partial charge < -0.3 is 15.1 Å². The number of amides is 3. The molecule has 1 unspecified atom stereocenters. The van der Waals surface area contributed by atoms with Crippen LogP contribution in [0.5, 0.6) is 0 Å². The Morgan fingerprint density at radius 1 is 1.04 bits per heavy atom. The van der Waals surface area contributed by atoms with Crippen LogP contribution >= 0.6 is 0 Å². The van der Waals surface area contributed by atoms with Gasteiger partial charge in [0, 0.05) is 25.3 Å². The molecule has 0 radical (unpaired) electrons. The van der Waals surface area contributed by atoms with E-state index in [9.17, 15) is 9.59 Å². The van der Waals surface area contributed by atoms with Crippen molar-refractivity contribution in [3.8, 4) is 0 Å². The molecule has 5 nitrogen and oxygen atoms in total. The third kappa shape index (κ3) is 3.78. The van der Waals surface area contributed by atoms with Crippen LogP contribution in [-0.4, -0.2) is 53.6 Å². The van der Waals surface area contributed by atoms with Gasteiger partial charge in [-0.25, -0.2) is 9.18 Å². The number of nitrogens with one attached hydrogen (secondary N) is 1. The molecule has 2 aliphatic rings. The lowest BCUT2D eigenvalue weighted by Gasteiger charge is -2.38. The quantitative estimate of drug-likeness (QED) is 0.893. The smallest absolute Gasteiger partial charge is 0.321 e. The fourth-order valence-electron chi connectivity index (χ4n) is 3.58. The molecule has 25 heavy (non-hydrogen) atoms. The van der Waals surface area contributed by atoms with Crippen molar-refractivity contribution >= 4 is 17.6 Å². The van der Waals surface area contributed by atoms with E-state index in [0.29, 0.717) is 31.7 Å². The molecule has 3 amide bonds. The van der Waals surface area contributed by atoms with Gasteiger partial charge in [-0.3, -0.25) is 4.79 Å². The second kappa shape index (κ2) is 7.02. The summed E-state index contributed by atoms with van der Waals surface area (Å²) in [6.07, 6.45) is 2.55. The van der Waals surface area contributed by atoms with E-state index in [0.717, 1.165) is 24.0 Å². The van der Waals surface area contributed by atoms with Crippen molar-refractivity contribution in [2.75, 3.05) is 31.5 Å². The van der Waals surface area contributed by atoms with Gasteiger partial charge in [0.25, 0.3) is 5.91 Å². The molecular weight excluding hydrogens is 321 g/mol. The molecule has 1 atom stereocenters. The minimum atomic E-state index is -1.96. The first kappa shape index (κ1) is 17.7. The molecule has 2 aliphatic heterocycles. The summed E-state index contributed by atoms with van der Waals surface area (Å²) in [6, 6.07) is 5.33. The Balaban J connectivity index is 1.66. The second-order valence-corrected chi connectivity index (χ2v) is 7.22. The molecule has 0 aromatic heterocycles. The van der Waals surface area contributed by atoms with Crippen LogP contribution in [0.1, 0.15) is 36.8 Å². The van der Waals surface area contributed by atoms with Crippen LogP contribution in [0.15, 0.2) is 18.2 Å². The van der Waals surface area contributed by atoms with Crippen molar-refractivity contribution in [2.45, 2.75) is 45.2 Å². The number of anilines is 1. The zero-order valence-electron chi connectivity index (χ0n) is 15.0. The summed E-state index contributed by atoms with van der Waals surface area (Å²) < 4.78 is 15.3. The summed E-state index contributed by atoms with van der Waals surface area (Å²) >= 11 is 0. The molecule has 1 N–H and O–H groups in total. The first-order chi connectivity index (χ1) is 11.9. The highest BCUT2D eigenvalue weighted by Crippen LogP contribution is 2.29. The maximum atomic E-state index is 15.3. The molecule has 0 saturated carbocycles. The number of carbonyl (C=O) groups excluding carboxylic acids is 2. The van der Waals surface area contributed by atoms with Crippen molar-refractivity contribution in [3.63, 3.8) is 0 Å². The van der Waals surface area contributed by atoms with E-state index < -0.39 is 11.6 Å². The predicted molar refractivity (Wildman–Crippen MR) is 95.4 cm³/mol. The van der Waals surface area contributed by atoms with Gasteiger partial charge in [-0.1, -0.05) is 6.07 Å². The fraction of sp³-hybridized carbons (Fsp3) is 0.579. The maximum Gasteiger partial charge on any atom is 0.321 e. The van der Waals surface area contributed by atoms with E-state index in [1.54, 1.807) is 4.90 Å². The first-order valence-corrected chi connectivity index (χ1v) is 9.00. The number of rotatable bonds is 2. The SMILES string of the molecule is Cc1ccc(NC(=O)N2CCCC(F)(C(=O)N3CCCC3)C2)cc1C. The lowest BCUT2D eigenvalue weighted by molar-refractivity contribution is -0.145. The van der Waals surface area contributed by atoms with Gasteiger partial charge >= 0.3 is 6.03 Å². The normalized spacial score (nSPS) is 23.6. The molecule has 136 valence electrons. The minimum Gasteiger partial charge on any atom is -0.340 e. The summed E-state index contributed by atoms with van der Waals surface area (Å²) in [5.41, 5.74) is 0.966. The van der Waals surface area contributed by atoms with E-state index in [-0.39, 0.29) is 19.0 Å². The topological polar surface area (TPSA) is 52.7 Å². The van der Waals surface area contributed by atoms with E-state index in [1.165, 1.54) is 4.90 Å². The average Bonchev–Trinajstić information content (AvgIpc) is 3.12. The van der Waals surface area contributed by atoms with Crippen LogP contribution in [0.25, 0.3) is 0 Å². The van der Waals surface area contributed by atoms with Crippen LogP contribution in [0.2, 0.25) is 0 Å². The van der Waals surface area contributed by atoms with Crippen LogP contribution in [0.4, 0.5) is 14.9 Å². The van der Waals surface area contributed by atoms with Crippen LogP contribution in [-0.2, 0) is 4.79 Å². The van der Waals surface area contributed by atoms with Gasteiger partial charge in [0.05, 0.1) is 6.54 Å². The van der Waals surface area contributed by atoms with E-state index in [4.69, 9.17) is 0 Å². The van der Waals surface area contributed by atoms with Gasteiger partial charge in [0.1, 0.15) is 0 Å². The van der Waals surface area contributed by atoms with Crippen molar-refractivity contribution in [1.82, 2.24) is 9.80 Å². The fourth-order valence-corrected chi connectivity index (χ4v) is 3.58. The highest BCUT2D eigenvalue weighted by molar-refractivity contribution is 5.91. The Kier molecular flexibility index (Phi) is 4.97. The molecule has 1 aromatic rings. The number of benzene rings is 1. The number of hydrogen-bond acceptors (Lipinski definition) is 2. The molecule has 2 fully saturated rings. The number of carbonyl (C=O) groups is 2. The zero-order valence-corrected chi connectivity index (χ0v) is 15.0. The van der Waals surface area contributed by atoms with Crippen molar-refractivity contribution < 1.29 is 14.0 Å². The minimum absolute atomic E-state index is 0.168. The monoisotopic (exact) mass is 347 g/mol. The summed E-state index contributed by atoms with van der Waals surface area (Å²) in [4.78, 5) is 28.1. The number of halogens is 1. The summed E-state index contributed by atoms with van der Waals surface area (Å²) in [6.45, 7) is 5.54. The van der Waals surface area contributed by atoms with Gasteiger partial charge in [-0.05, 0) is 62.8 Å². The molecule has 6 heteroatoms. The third-order valence-corrected chi connectivity index (χ3v) is 5.26. The van der Waals surface area contributed by atoms with E-state index >= 15 is 4.39 Å². The van der Waals surface area contributed by atoms with Crippen molar-refractivity contribution in [3.05, 3.63) is 29.3 Å². The van der Waals surface area contributed by atoms with Crippen molar-refractivity contribution in [1.29, 1.82) is 0 Å². The summed E-state index contributed by atoms with van der Waals surface area (Å²) in [5, 5.41) is 2.82. The standard InChI is InChI=1S/C19H26FN3O2/c1-14-6-7-16(12-15(14)2)21-18(25)23-11-5-8-19(20,13-23)17(24)22-9-3-4-10-22/h6-7,12H,3-5,8-11,13H2,1-2H3,(H,21,25). The van der Waals surface area contributed by atoms with Crippen LogP contribution < -0.4 is 5.32 Å². The molecule has 2 saturated heterocycles. The number of piperidine rings is 1. The average molecular weight is 347 g/mol. The van der Waals surface area contributed by atoms with Gasteiger partial charge in [0.15, 0.2) is 0 Å². The number of alkyl halides is 1. The van der Waals surface area contributed by atoms with Gasteiger partial charge in [-0.2, -0.15) is 0 Å². The Bertz CT molecular complexity index is 673. The second-order valence-electron chi connectivity index (χ2n) is 7.22. The molecule has 3 rings (SSSR count). The number of nitrogens with zero attached hydrogens (tertiary/aromatic N) is 2. The number of urea groups is 1. The Hall–Kier alpha value is -2.11.